The number of carbonyl (C=O) groups excluding carboxylic acids is 1. The number of nitrogens with one attached hydrogen (secondary N) is 2. The van der Waals surface area contributed by atoms with E-state index in [9.17, 15) is 13.2 Å². The predicted octanol–water partition coefficient (Wildman–Crippen LogP) is 3.30. The summed E-state index contributed by atoms with van der Waals surface area (Å²) < 4.78 is 34.0. The molecular formula is C18H19IN2O4S. The van der Waals surface area contributed by atoms with Crippen molar-refractivity contribution in [3.63, 3.8) is 0 Å². The molecule has 0 radical (unpaired) electrons. The highest BCUT2D eigenvalue weighted by molar-refractivity contribution is 14.1. The van der Waals surface area contributed by atoms with Gasteiger partial charge in [0.1, 0.15) is 10.6 Å². The van der Waals surface area contributed by atoms with Crippen LogP contribution in [0.2, 0.25) is 0 Å². The molecule has 138 valence electrons. The van der Waals surface area contributed by atoms with E-state index >= 15 is 0 Å². The summed E-state index contributed by atoms with van der Waals surface area (Å²) in [7, 11) is -2.34. The number of carbonyl (C=O) groups is 1. The monoisotopic (exact) mass is 486 g/mol. The molecule has 0 unspecified atom stereocenters. The average molecular weight is 486 g/mol. The molecule has 1 saturated carbocycles. The van der Waals surface area contributed by atoms with Crippen LogP contribution < -0.4 is 14.8 Å². The normalized spacial score (nSPS) is 14.1. The van der Waals surface area contributed by atoms with Crippen molar-refractivity contribution in [1.82, 2.24) is 4.72 Å². The molecule has 0 spiro atoms. The van der Waals surface area contributed by atoms with Gasteiger partial charge in [-0.05, 0) is 84.3 Å². The molecule has 0 aliphatic heterocycles. The number of ether oxygens (including phenoxy) is 1. The van der Waals surface area contributed by atoms with E-state index in [2.05, 4.69) is 32.6 Å². The van der Waals surface area contributed by atoms with E-state index in [0.717, 1.165) is 22.0 Å². The van der Waals surface area contributed by atoms with E-state index in [1.54, 1.807) is 6.07 Å². The summed E-state index contributed by atoms with van der Waals surface area (Å²) in [5.41, 5.74) is 1.87. The molecule has 2 aromatic carbocycles. The minimum atomic E-state index is -3.74. The Morgan fingerprint density at radius 1 is 1.19 bits per heavy atom. The summed E-state index contributed by atoms with van der Waals surface area (Å²) in [4.78, 5) is 12.6. The van der Waals surface area contributed by atoms with E-state index in [4.69, 9.17) is 4.74 Å². The van der Waals surface area contributed by atoms with Gasteiger partial charge in [-0.2, -0.15) is 0 Å². The number of sulfonamides is 1. The standard InChI is InChI=1S/C18H19IN2O4S/c1-11-9-13(19)4-7-15(11)20-18(22)12-3-8-16(25-2)17(10-12)26(23,24)21-14-5-6-14/h3-4,7-10,14,21H,5-6H2,1-2H3,(H,20,22). The van der Waals surface area contributed by atoms with Crippen LogP contribution in [0.3, 0.4) is 0 Å². The Bertz CT molecular complexity index is 956. The van der Waals surface area contributed by atoms with Crippen molar-refractivity contribution in [2.75, 3.05) is 12.4 Å². The first kappa shape index (κ1) is 19.1. The van der Waals surface area contributed by atoms with E-state index < -0.39 is 10.0 Å². The van der Waals surface area contributed by atoms with Crippen LogP contribution in [0.5, 0.6) is 5.75 Å². The lowest BCUT2D eigenvalue weighted by molar-refractivity contribution is 0.102. The van der Waals surface area contributed by atoms with Gasteiger partial charge in [-0.15, -0.1) is 0 Å². The van der Waals surface area contributed by atoms with E-state index in [1.165, 1.54) is 19.2 Å². The van der Waals surface area contributed by atoms with Crippen molar-refractivity contribution in [1.29, 1.82) is 0 Å². The number of anilines is 1. The number of aryl methyl sites for hydroxylation is 1. The van der Waals surface area contributed by atoms with Crippen LogP contribution >= 0.6 is 22.6 Å². The number of hydrogen-bond acceptors (Lipinski definition) is 4. The van der Waals surface area contributed by atoms with Crippen LogP contribution in [0, 0.1) is 10.5 Å². The minimum absolute atomic E-state index is 0.0288. The molecule has 0 saturated heterocycles. The second-order valence-electron chi connectivity index (χ2n) is 6.17. The summed E-state index contributed by atoms with van der Waals surface area (Å²) in [6.45, 7) is 1.90. The molecule has 3 rings (SSSR count). The van der Waals surface area contributed by atoms with E-state index in [1.807, 2.05) is 25.1 Å². The van der Waals surface area contributed by atoms with E-state index in [0.29, 0.717) is 5.69 Å². The second kappa shape index (κ2) is 7.53. The molecular weight excluding hydrogens is 467 g/mol. The van der Waals surface area contributed by atoms with Gasteiger partial charge in [0, 0.05) is 20.9 Å². The van der Waals surface area contributed by atoms with E-state index in [-0.39, 0.29) is 28.2 Å². The third-order valence-electron chi connectivity index (χ3n) is 4.05. The summed E-state index contributed by atoms with van der Waals surface area (Å²) >= 11 is 2.20. The molecule has 1 aliphatic carbocycles. The number of methoxy groups -OCH3 is 1. The Balaban J connectivity index is 1.90. The number of amides is 1. The van der Waals surface area contributed by atoms with Crippen molar-refractivity contribution in [3.05, 3.63) is 51.1 Å². The number of hydrogen-bond donors (Lipinski definition) is 2. The Hall–Kier alpha value is -1.65. The fourth-order valence-corrected chi connectivity index (χ4v) is 4.62. The van der Waals surface area contributed by atoms with Crippen LogP contribution in [0.25, 0.3) is 0 Å². The van der Waals surface area contributed by atoms with Crippen molar-refractivity contribution in [2.24, 2.45) is 0 Å². The van der Waals surface area contributed by atoms with Crippen molar-refractivity contribution in [3.8, 4) is 5.75 Å². The van der Waals surface area contributed by atoms with Gasteiger partial charge < -0.3 is 10.1 Å². The largest absolute Gasteiger partial charge is 0.495 e. The zero-order valence-electron chi connectivity index (χ0n) is 14.4. The quantitative estimate of drug-likeness (QED) is 0.614. The molecule has 8 heteroatoms. The summed E-state index contributed by atoms with van der Waals surface area (Å²) in [6.07, 6.45) is 1.65. The molecule has 26 heavy (non-hydrogen) atoms. The van der Waals surface area contributed by atoms with Gasteiger partial charge in [-0.25, -0.2) is 13.1 Å². The molecule has 0 atom stereocenters. The van der Waals surface area contributed by atoms with Gasteiger partial charge in [-0.3, -0.25) is 4.79 Å². The SMILES string of the molecule is COc1ccc(C(=O)Nc2ccc(I)cc2C)cc1S(=O)(=O)NC1CC1. The smallest absolute Gasteiger partial charge is 0.255 e. The Labute approximate surface area is 166 Å². The van der Waals surface area contributed by atoms with Crippen molar-refractivity contribution in [2.45, 2.75) is 30.7 Å². The van der Waals surface area contributed by atoms with Gasteiger partial charge in [0.25, 0.3) is 5.91 Å². The minimum Gasteiger partial charge on any atom is -0.495 e. The third-order valence-corrected chi connectivity index (χ3v) is 6.26. The predicted molar refractivity (Wildman–Crippen MR) is 108 cm³/mol. The van der Waals surface area contributed by atoms with Gasteiger partial charge in [-0.1, -0.05) is 0 Å². The zero-order valence-corrected chi connectivity index (χ0v) is 17.3. The molecule has 2 N–H and O–H groups in total. The average Bonchev–Trinajstić information content (AvgIpc) is 3.40. The van der Waals surface area contributed by atoms with Crippen LogP contribution in [0.4, 0.5) is 5.69 Å². The van der Waals surface area contributed by atoms with Gasteiger partial charge in [0.15, 0.2) is 0 Å². The van der Waals surface area contributed by atoms with Crippen LogP contribution in [0.1, 0.15) is 28.8 Å². The topological polar surface area (TPSA) is 84.5 Å². The Morgan fingerprint density at radius 2 is 1.92 bits per heavy atom. The molecule has 0 heterocycles. The highest BCUT2D eigenvalue weighted by Gasteiger charge is 2.30. The van der Waals surface area contributed by atoms with Gasteiger partial charge in [0.2, 0.25) is 10.0 Å². The fraction of sp³-hybridized carbons (Fsp3) is 0.278. The van der Waals surface area contributed by atoms with Crippen LogP contribution in [-0.2, 0) is 10.0 Å². The van der Waals surface area contributed by atoms with Crippen LogP contribution in [0.15, 0.2) is 41.3 Å². The lowest BCUT2D eigenvalue weighted by atomic mass is 10.1. The number of rotatable bonds is 6. The maximum Gasteiger partial charge on any atom is 0.255 e. The molecule has 2 aromatic rings. The van der Waals surface area contributed by atoms with Gasteiger partial charge >= 0.3 is 0 Å². The Morgan fingerprint density at radius 3 is 2.54 bits per heavy atom. The first-order valence-electron chi connectivity index (χ1n) is 8.08. The highest BCUT2D eigenvalue weighted by Crippen LogP contribution is 2.29. The van der Waals surface area contributed by atoms with Crippen molar-refractivity contribution >= 4 is 44.2 Å². The molecule has 0 bridgehead atoms. The van der Waals surface area contributed by atoms with Gasteiger partial charge in [0.05, 0.1) is 7.11 Å². The first-order chi connectivity index (χ1) is 12.3. The fourth-order valence-electron chi connectivity index (χ4n) is 2.47. The summed E-state index contributed by atoms with van der Waals surface area (Å²) in [6, 6.07) is 10.0. The number of benzene rings is 2. The molecule has 0 aromatic heterocycles. The maximum atomic E-state index is 12.6. The van der Waals surface area contributed by atoms with Crippen LogP contribution in [-0.4, -0.2) is 27.5 Å². The summed E-state index contributed by atoms with van der Waals surface area (Å²) in [5.74, 6) is -0.167. The first-order valence-corrected chi connectivity index (χ1v) is 10.6. The highest BCUT2D eigenvalue weighted by atomic mass is 127. The lowest BCUT2D eigenvalue weighted by Crippen LogP contribution is -2.26. The second-order valence-corrected chi connectivity index (χ2v) is 9.10. The zero-order chi connectivity index (χ0) is 18.9. The molecule has 1 amide bonds. The molecule has 1 fully saturated rings. The maximum absolute atomic E-state index is 12.6. The molecule has 1 aliphatic rings. The Kier molecular flexibility index (Phi) is 5.54. The third kappa shape index (κ3) is 4.36. The lowest BCUT2D eigenvalue weighted by Gasteiger charge is -2.13. The van der Waals surface area contributed by atoms with Crippen molar-refractivity contribution < 1.29 is 17.9 Å². The number of halogens is 1. The molecule has 6 nitrogen and oxygen atoms in total. The summed E-state index contributed by atoms with van der Waals surface area (Å²) in [5, 5.41) is 2.82.